The van der Waals surface area contributed by atoms with Gasteiger partial charge in [-0.25, -0.2) is 0 Å². The van der Waals surface area contributed by atoms with E-state index in [1.165, 1.54) is 0 Å². The standard InChI is InChI=1S/C61H76N20O8/c1-70(2)17-13-15-62-54(82)44-19-36(27-72(44)5)64-56(84)46-21-38(29-74(46)7)66-58(86)48-23-40(31-76(48)9)68-60(88)50-25-42-52(78(50)11)33-81-35-80(42)34-53-43(81)26-51(79(53)12)61(89)69-41-24-49(77(10)32-41)59(87)67-39-22-47(75(8)30-39)57(85)65-37-20-45(73(6)28-37)55(83)63-16-14-18-71(3)4/h19-32H,13-18,33-35H2,1-12H3,(H,62,82)(H,63,83)(H,64,84)(H,65,85)(H,66,86)(H,67,87)(H,68,88)(H,69,89). The van der Waals surface area contributed by atoms with Crippen LogP contribution in [0.2, 0.25) is 0 Å². The molecule has 468 valence electrons. The maximum atomic E-state index is 14.0. The highest BCUT2D eigenvalue weighted by molar-refractivity contribution is 6.11. The van der Waals surface area contributed by atoms with E-state index < -0.39 is 23.6 Å². The Morgan fingerprint density at radius 3 is 0.831 bits per heavy atom. The van der Waals surface area contributed by atoms with Crippen LogP contribution in [0.4, 0.5) is 45.5 Å². The molecule has 0 unspecified atom stereocenters. The van der Waals surface area contributed by atoms with Gasteiger partial charge in [-0.05, 0) is 103 Å². The first kappa shape index (κ1) is 61.6. The summed E-state index contributed by atoms with van der Waals surface area (Å²) in [6, 6.07) is 13.2. The molecule has 0 atom stereocenters. The zero-order valence-electron chi connectivity index (χ0n) is 52.1. The van der Waals surface area contributed by atoms with E-state index in [9.17, 15) is 38.4 Å². The van der Waals surface area contributed by atoms with Crippen LogP contribution in [0.5, 0.6) is 0 Å². The van der Waals surface area contributed by atoms with E-state index in [1.54, 1.807) is 143 Å². The van der Waals surface area contributed by atoms with E-state index >= 15 is 0 Å². The van der Waals surface area contributed by atoms with Crippen molar-refractivity contribution in [2.24, 2.45) is 56.4 Å². The Labute approximate surface area is 513 Å². The van der Waals surface area contributed by atoms with Crippen molar-refractivity contribution in [3.8, 4) is 0 Å². The third-order valence-corrected chi connectivity index (χ3v) is 15.9. The molecule has 0 radical (unpaired) electrons. The topological polar surface area (TPSA) is 285 Å². The van der Waals surface area contributed by atoms with Gasteiger partial charge in [0.25, 0.3) is 47.3 Å². The van der Waals surface area contributed by atoms with Gasteiger partial charge in [0.05, 0.1) is 76.6 Å². The Morgan fingerprint density at radius 1 is 0.348 bits per heavy atom. The number of anilines is 8. The van der Waals surface area contributed by atoms with E-state index in [-0.39, 0.29) is 46.4 Å². The van der Waals surface area contributed by atoms with E-state index in [4.69, 9.17) is 0 Å². The van der Waals surface area contributed by atoms with Crippen molar-refractivity contribution in [1.29, 1.82) is 0 Å². The molecule has 2 aliphatic rings. The molecular weight excluding hydrogens is 1140 g/mol. The van der Waals surface area contributed by atoms with Crippen LogP contribution in [0.15, 0.2) is 85.7 Å². The summed E-state index contributed by atoms with van der Waals surface area (Å²) in [6.07, 6.45) is 11.4. The predicted molar refractivity (Wildman–Crippen MR) is 339 cm³/mol. The fourth-order valence-electron chi connectivity index (χ4n) is 11.3. The number of nitrogens with one attached hydrogen (secondary N) is 8. The highest BCUT2D eigenvalue weighted by Crippen LogP contribution is 2.41. The molecule has 10 heterocycles. The predicted octanol–water partition coefficient (Wildman–Crippen LogP) is 4.57. The van der Waals surface area contributed by atoms with Crippen molar-refractivity contribution < 1.29 is 38.4 Å². The number of hydrogen-bond acceptors (Lipinski definition) is 12. The van der Waals surface area contributed by atoms with Gasteiger partial charge in [-0.1, -0.05) is 0 Å². The molecule has 2 aliphatic heterocycles. The lowest BCUT2D eigenvalue weighted by atomic mass is 10.1. The van der Waals surface area contributed by atoms with E-state index in [2.05, 4.69) is 52.3 Å². The fraction of sp³-hybridized carbons (Fsp3) is 0.344. The summed E-state index contributed by atoms with van der Waals surface area (Å²) < 4.78 is 13.4. The van der Waals surface area contributed by atoms with Crippen LogP contribution in [-0.2, 0) is 69.5 Å². The first-order chi connectivity index (χ1) is 42.3. The van der Waals surface area contributed by atoms with Gasteiger partial charge < -0.3 is 98.7 Å². The van der Waals surface area contributed by atoms with Gasteiger partial charge in [0, 0.05) is 107 Å². The average Bonchev–Trinajstić information content (AvgIpc) is 1.73. The average molecular weight is 1220 g/mol. The van der Waals surface area contributed by atoms with Crippen LogP contribution in [0, 0.1) is 0 Å². The number of fused-ring (bicyclic) bond motifs is 6. The molecule has 0 aromatic carbocycles. The molecule has 8 amide bonds. The third kappa shape index (κ3) is 13.1. The molecule has 0 saturated carbocycles. The summed E-state index contributed by atoms with van der Waals surface area (Å²) in [6.45, 7) is 4.13. The quantitative estimate of drug-likeness (QED) is 0.0434. The molecule has 0 spiro atoms. The Bertz CT molecular complexity index is 3850. The molecule has 8 aromatic heterocycles. The SMILES string of the molecule is CN(C)CCCNC(=O)c1cc(NC(=O)c2cc(NC(=O)c3cc(NC(=O)c4cc5c(n4C)CN4CN5Cc5c4cc(C(=O)Nc4cc(C(=O)Nc6cc(C(=O)Nc7cc(C(=O)NCCCN(C)C)n(C)c7)n(C)c6)n(C)c4)n5C)cn3C)cn2C)cn1C. The molecule has 0 saturated heterocycles. The van der Waals surface area contributed by atoms with Crippen LogP contribution in [0.3, 0.4) is 0 Å². The summed E-state index contributed by atoms with van der Waals surface area (Å²) in [5.74, 6) is -3.05. The van der Waals surface area contributed by atoms with Gasteiger partial charge in [0.15, 0.2) is 0 Å². The smallest absolute Gasteiger partial charge is 0.272 e. The number of carbonyl (C=O) groups excluding carboxylic acids is 8. The lowest BCUT2D eigenvalue weighted by molar-refractivity contribution is 0.0936. The molecule has 0 fully saturated rings. The van der Waals surface area contributed by atoms with Gasteiger partial charge in [-0.2, -0.15) is 0 Å². The molecular formula is C61H76N20O8. The zero-order valence-corrected chi connectivity index (χ0v) is 52.1. The summed E-state index contributed by atoms with van der Waals surface area (Å²) in [4.78, 5) is 116. The Morgan fingerprint density at radius 2 is 0.584 bits per heavy atom. The van der Waals surface area contributed by atoms with Crippen molar-refractivity contribution in [3.63, 3.8) is 0 Å². The van der Waals surface area contributed by atoms with Gasteiger partial charge in [0.2, 0.25) is 0 Å². The van der Waals surface area contributed by atoms with Crippen LogP contribution in [0.1, 0.15) is 108 Å². The number of aryl methyl sites for hydroxylation is 6. The second kappa shape index (κ2) is 25.1. The van der Waals surface area contributed by atoms with Crippen molar-refractivity contribution in [3.05, 3.63) is 143 Å². The molecule has 89 heavy (non-hydrogen) atoms. The lowest BCUT2D eigenvalue weighted by Crippen LogP contribution is -2.46. The largest absolute Gasteiger partial charge is 0.351 e. The molecule has 28 nitrogen and oxygen atoms in total. The summed E-state index contributed by atoms with van der Waals surface area (Å²) >= 11 is 0. The maximum Gasteiger partial charge on any atom is 0.272 e. The summed E-state index contributed by atoms with van der Waals surface area (Å²) in [7, 11) is 21.8. The van der Waals surface area contributed by atoms with Crippen LogP contribution >= 0.6 is 0 Å². The van der Waals surface area contributed by atoms with Crippen molar-refractivity contribution in [1.82, 2.24) is 57.0 Å². The molecule has 8 N–H and O–H groups in total. The highest BCUT2D eigenvalue weighted by atomic mass is 16.2. The van der Waals surface area contributed by atoms with Gasteiger partial charge >= 0.3 is 0 Å². The summed E-state index contributed by atoms with van der Waals surface area (Å²) in [5, 5.41) is 23.1. The molecule has 10 rings (SSSR count). The van der Waals surface area contributed by atoms with E-state index in [0.717, 1.165) is 48.7 Å². The van der Waals surface area contributed by atoms with Crippen LogP contribution in [-0.4, -0.2) is 155 Å². The number of rotatable bonds is 22. The Kier molecular flexibility index (Phi) is 17.4. The van der Waals surface area contributed by atoms with Crippen LogP contribution < -0.4 is 52.3 Å². The zero-order chi connectivity index (χ0) is 63.9. The first-order valence-electron chi connectivity index (χ1n) is 28.9. The minimum absolute atomic E-state index is 0.247. The van der Waals surface area contributed by atoms with E-state index in [0.29, 0.717) is 89.7 Å². The second-order valence-corrected chi connectivity index (χ2v) is 23.3. The first-order valence-corrected chi connectivity index (χ1v) is 28.9. The Hall–Kier alpha value is -10.5. The second-order valence-electron chi connectivity index (χ2n) is 23.3. The number of nitrogens with zero attached hydrogens (tertiary/aromatic N) is 12. The van der Waals surface area contributed by atoms with E-state index in [1.807, 2.05) is 73.4 Å². The van der Waals surface area contributed by atoms with Crippen LogP contribution in [0.25, 0.3) is 0 Å². The Balaban J connectivity index is 0.723. The molecule has 8 aromatic rings. The monoisotopic (exact) mass is 1220 g/mol. The molecule has 2 bridgehead atoms. The number of hydrogen-bond donors (Lipinski definition) is 8. The number of amides is 8. The lowest BCUT2D eigenvalue weighted by Gasteiger charge is -2.42. The van der Waals surface area contributed by atoms with Crippen molar-refractivity contribution in [2.75, 3.05) is 103 Å². The van der Waals surface area contributed by atoms with Crippen molar-refractivity contribution in [2.45, 2.75) is 25.9 Å². The van der Waals surface area contributed by atoms with Gasteiger partial charge in [-0.3, -0.25) is 38.4 Å². The van der Waals surface area contributed by atoms with Crippen molar-refractivity contribution >= 4 is 92.8 Å². The normalized spacial score (nSPS) is 12.5. The maximum absolute atomic E-state index is 14.0. The number of aromatic nitrogens is 8. The third-order valence-electron chi connectivity index (χ3n) is 15.9. The highest BCUT2D eigenvalue weighted by Gasteiger charge is 2.36. The van der Waals surface area contributed by atoms with Gasteiger partial charge in [-0.15, -0.1) is 0 Å². The molecule has 0 aliphatic carbocycles. The summed E-state index contributed by atoms with van der Waals surface area (Å²) in [5.41, 5.74) is 8.62. The number of carbonyl (C=O) groups is 8. The van der Waals surface area contributed by atoms with Gasteiger partial charge in [0.1, 0.15) is 45.6 Å². The minimum atomic E-state index is -0.465. The fourth-order valence-corrected chi connectivity index (χ4v) is 11.3. The minimum Gasteiger partial charge on any atom is -0.351 e. The molecule has 28 heteroatoms.